The molecule has 0 spiro atoms. The maximum atomic E-state index is 12.3. The predicted molar refractivity (Wildman–Crippen MR) is 94.9 cm³/mol. The van der Waals surface area contributed by atoms with E-state index in [1.165, 1.54) is 11.8 Å². The van der Waals surface area contributed by atoms with Gasteiger partial charge in [-0.15, -0.1) is 11.8 Å². The van der Waals surface area contributed by atoms with Crippen molar-refractivity contribution in [3.8, 4) is 11.5 Å². The number of anilines is 1. The normalized spacial score (nSPS) is 11.7. The van der Waals surface area contributed by atoms with Crippen molar-refractivity contribution in [3.05, 3.63) is 47.5 Å². The molecular formula is C17H18ClNO3S. The number of rotatable bonds is 6. The average molecular weight is 352 g/mol. The molecule has 0 aromatic heterocycles. The summed E-state index contributed by atoms with van der Waals surface area (Å²) < 4.78 is 10.2. The molecule has 0 unspecified atom stereocenters. The van der Waals surface area contributed by atoms with E-state index in [0.717, 1.165) is 10.6 Å². The molecule has 0 radical (unpaired) electrons. The number of carbonyl (C=O) groups is 1. The fourth-order valence-corrected chi connectivity index (χ4v) is 3.03. The quantitative estimate of drug-likeness (QED) is 0.780. The van der Waals surface area contributed by atoms with Gasteiger partial charge in [0.15, 0.2) is 0 Å². The summed E-state index contributed by atoms with van der Waals surface area (Å²) in [5.41, 5.74) is 0.642. The van der Waals surface area contributed by atoms with Crippen LogP contribution < -0.4 is 14.8 Å². The smallest absolute Gasteiger partial charge is 0.237 e. The molecule has 0 aliphatic heterocycles. The number of carbonyl (C=O) groups excluding carboxylic acids is 1. The summed E-state index contributed by atoms with van der Waals surface area (Å²) in [5.74, 6) is 1.27. The lowest BCUT2D eigenvalue weighted by atomic mass is 10.3. The third kappa shape index (κ3) is 4.81. The van der Waals surface area contributed by atoms with Crippen molar-refractivity contribution >= 4 is 35.0 Å². The summed E-state index contributed by atoms with van der Waals surface area (Å²) in [6, 6.07) is 12.7. The van der Waals surface area contributed by atoms with E-state index in [1.54, 1.807) is 32.4 Å². The molecular weight excluding hydrogens is 334 g/mol. The zero-order chi connectivity index (χ0) is 16.8. The van der Waals surface area contributed by atoms with Crippen molar-refractivity contribution in [2.45, 2.75) is 17.1 Å². The molecule has 4 nitrogen and oxygen atoms in total. The highest BCUT2D eigenvalue weighted by Gasteiger charge is 2.15. The maximum absolute atomic E-state index is 12.3. The van der Waals surface area contributed by atoms with Crippen molar-refractivity contribution in [3.63, 3.8) is 0 Å². The first-order valence-corrected chi connectivity index (χ1v) is 8.24. The van der Waals surface area contributed by atoms with E-state index < -0.39 is 0 Å². The number of benzene rings is 2. The van der Waals surface area contributed by atoms with Gasteiger partial charge in [0.25, 0.3) is 0 Å². The summed E-state index contributed by atoms with van der Waals surface area (Å²) in [5, 5.41) is 3.07. The van der Waals surface area contributed by atoms with Crippen molar-refractivity contribution in [1.82, 2.24) is 0 Å². The number of ether oxygens (including phenoxy) is 2. The monoisotopic (exact) mass is 351 g/mol. The lowest BCUT2D eigenvalue weighted by Crippen LogP contribution is -2.22. The molecule has 2 aromatic carbocycles. The zero-order valence-corrected chi connectivity index (χ0v) is 14.7. The number of halogens is 1. The van der Waals surface area contributed by atoms with Crippen LogP contribution in [0.15, 0.2) is 47.4 Å². The first-order valence-electron chi connectivity index (χ1n) is 6.98. The average Bonchev–Trinajstić information content (AvgIpc) is 2.55. The number of methoxy groups -OCH3 is 2. The standard InChI is InChI=1S/C17H18ClNO3S/c1-11(23-14-7-5-13(21-2)6-8-14)17(20)19-12-4-9-16(22-3)15(18)10-12/h4-11H,1-3H3,(H,19,20)/t11-/m1/s1. The summed E-state index contributed by atoms with van der Waals surface area (Å²) in [6.45, 7) is 1.86. The molecule has 1 N–H and O–H groups in total. The third-order valence-electron chi connectivity index (χ3n) is 3.16. The molecule has 0 aliphatic carbocycles. The molecule has 0 saturated carbocycles. The second kappa shape index (κ2) is 8.13. The van der Waals surface area contributed by atoms with Crippen LogP contribution >= 0.6 is 23.4 Å². The van der Waals surface area contributed by atoms with E-state index in [2.05, 4.69) is 5.32 Å². The highest BCUT2D eigenvalue weighted by Crippen LogP contribution is 2.29. The Morgan fingerprint density at radius 2 is 1.83 bits per heavy atom. The number of thioether (sulfide) groups is 1. The molecule has 2 rings (SSSR count). The molecule has 122 valence electrons. The fourth-order valence-electron chi connectivity index (χ4n) is 1.90. The molecule has 0 aliphatic rings. The zero-order valence-electron chi connectivity index (χ0n) is 13.1. The highest BCUT2D eigenvalue weighted by molar-refractivity contribution is 8.00. The van der Waals surface area contributed by atoms with Gasteiger partial charge >= 0.3 is 0 Å². The molecule has 1 amide bonds. The van der Waals surface area contributed by atoms with Crippen LogP contribution in [0.2, 0.25) is 5.02 Å². The second-order valence-corrected chi connectivity index (χ2v) is 6.60. The van der Waals surface area contributed by atoms with Crippen LogP contribution in [0.3, 0.4) is 0 Å². The molecule has 23 heavy (non-hydrogen) atoms. The minimum atomic E-state index is -0.246. The van der Waals surface area contributed by atoms with Crippen LogP contribution in [0.25, 0.3) is 0 Å². The van der Waals surface area contributed by atoms with E-state index in [4.69, 9.17) is 21.1 Å². The van der Waals surface area contributed by atoms with Crippen LogP contribution in [0.5, 0.6) is 11.5 Å². The van der Waals surface area contributed by atoms with Crippen LogP contribution in [0.1, 0.15) is 6.92 Å². The summed E-state index contributed by atoms with van der Waals surface area (Å²) in [7, 11) is 3.17. The molecule has 0 fully saturated rings. The van der Waals surface area contributed by atoms with Gasteiger partial charge in [-0.2, -0.15) is 0 Å². The van der Waals surface area contributed by atoms with Gasteiger partial charge in [-0.3, -0.25) is 4.79 Å². The van der Waals surface area contributed by atoms with Crippen LogP contribution in [-0.2, 0) is 4.79 Å². The highest BCUT2D eigenvalue weighted by atomic mass is 35.5. The van der Waals surface area contributed by atoms with Crippen LogP contribution in [0, 0.1) is 0 Å². The molecule has 6 heteroatoms. The Hall–Kier alpha value is -1.85. The lowest BCUT2D eigenvalue weighted by molar-refractivity contribution is -0.115. The van der Waals surface area contributed by atoms with Gasteiger partial charge in [-0.1, -0.05) is 11.6 Å². The van der Waals surface area contributed by atoms with Crippen LogP contribution in [0.4, 0.5) is 5.69 Å². The third-order valence-corrected chi connectivity index (χ3v) is 4.57. The maximum Gasteiger partial charge on any atom is 0.237 e. The van der Waals surface area contributed by atoms with Gasteiger partial charge in [0.1, 0.15) is 11.5 Å². The molecule has 0 saturated heterocycles. The lowest BCUT2D eigenvalue weighted by Gasteiger charge is -2.13. The van der Waals surface area contributed by atoms with E-state index in [-0.39, 0.29) is 11.2 Å². The first-order chi connectivity index (χ1) is 11.0. The van der Waals surface area contributed by atoms with Crippen LogP contribution in [-0.4, -0.2) is 25.4 Å². The minimum Gasteiger partial charge on any atom is -0.497 e. The molecule has 0 heterocycles. The summed E-state index contributed by atoms with van der Waals surface area (Å²) in [6.07, 6.45) is 0. The molecule has 2 aromatic rings. The van der Waals surface area contributed by atoms with E-state index in [0.29, 0.717) is 16.5 Å². The van der Waals surface area contributed by atoms with Gasteiger partial charge in [0.2, 0.25) is 5.91 Å². The number of hydrogen-bond donors (Lipinski definition) is 1. The Labute approximate surface area is 145 Å². The Morgan fingerprint density at radius 3 is 2.39 bits per heavy atom. The Kier molecular flexibility index (Phi) is 6.19. The van der Waals surface area contributed by atoms with Gasteiger partial charge < -0.3 is 14.8 Å². The van der Waals surface area contributed by atoms with Crippen molar-refractivity contribution < 1.29 is 14.3 Å². The van der Waals surface area contributed by atoms with E-state index in [9.17, 15) is 4.79 Å². The minimum absolute atomic E-state index is 0.0907. The summed E-state index contributed by atoms with van der Waals surface area (Å²) in [4.78, 5) is 13.3. The largest absolute Gasteiger partial charge is 0.497 e. The molecule has 1 atom stereocenters. The second-order valence-electron chi connectivity index (χ2n) is 4.77. The van der Waals surface area contributed by atoms with E-state index >= 15 is 0 Å². The van der Waals surface area contributed by atoms with Gasteiger partial charge in [0, 0.05) is 10.6 Å². The predicted octanol–water partition coefficient (Wildman–Crippen LogP) is 4.48. The van der Waals surface area contributed by atoms with E-state index in [1.807, 2.05) is 31.2 Å². The first kappa shape index (κ1) is 17.5. The Balaban J connectivity index is 1.97. The van der Waals surface area contributed by atoms with Gasteiger partial charge in [-0.05, 0) is 49.4 Å². The Bertz CT molecular complexity index is 676. The van der Waals surface area contributed by atoms with Crippen molar-refractivity contribution in [2.75, 3.05) is 19.5 Å². The van der Waals surface area contributed by atoms with Gasteiger partial charge in [0.05, 0.1) is 24.5 Å². The van der Waals surface area contributed by atoms with Crippen molar-refractivity contribution in [2.24, 2.45) is 0 Å². The fraction of sp³-hybridized carbons (Fsp3) is 0.235. The topological polar surface area (TPSA) is 47.6 Å². The Morgan fingerprint density at radius 1 is 1.13 bits per heavy atom. The SMILES string of the molecule is COc1ccc(S[C@H](C)C(=O)Nc2ccc(OC)c(Cl)c2)cc1. The number of amides is 1. The number of nitrogens with one attached hydrogen (secondary N) is 1. The van der Waals surface area contributed by atoms with Crippen molar-refractivity contribution in [1.29, 1.82) is 0 Å². The summed E-state index contributed by atoms with van der Waals surface area (Å²) >= 11 is 7.53. The van der Waals surface area contributed by atoms with Gasteiger partial charge in [-0.25, -0.2) is 0 Å². The molecule has 0 bridgehead atoms. The number of hydrogen-bond acceptors (Lipinski definition) is 4.